The summed E-state index contributed by atoms with van der Waals surface area (Å²) in [6.07, 6.45) is 2.21. The third-order valence-corrected chi connectivity index (χ3v) is 2.73. The number of esters is 2. The van der Waals surface area contributed by atoms with Crippen LogP contribution < -0.4 is 5.32 Å². The molecule has 0 aromatic heterocycles. The predicted molar refractivity (Wildman–Crippen MR) is 58.0 cm³/mol. The molecule has 6 nitrogen and oxygen atoms in total. The Morgan fingerprint density at radius 2 is 2.12 bits per heavy atom. The first kappa shape index (κ1) is 13.5. The summed E-state index contributed by atoms with van der Waals surface area (Å²) in [4.78, 5) is 34.1. The van der Waals surface area contributed by atoms with Crippen LogP contribution in [0.25, 0.3) is 0 Å². The molecule has 1 amide bonds. The fourth-order valence-electron chi connectivity index (χ4n) is 1.84. The van der Waals surface area contributed by atoms with Gasteiger partial charge in [0.15, 0.2) is 5.54 Å². The lowest BCUT2D eigenvalue weighted by Gasteiger charge is -2.29. The van der Waals surface area contributed by atoms with Crippen molar-refractivity contribution in [2.75, 3.05) is 13.7 Å². The maximum atomic E-state index is 11.8. The van der Waals surface area contributed by atoms with Gasteiger partial charge in [0, 0.05) is 13.3 Å². The molecular formula is C11H17NO5. The first-order valence-electron chi connectivity index (χ1n) is 5.53. The first-order chi connectivity index (χ1) is 8.00. The van der Waals surface area contributed by atoms with Gasteiger partial charge < -0.3 is 14.8 Å². The van der Waals surface area contributed by atoms with Crippen LogP contribution in [-0.2, 0) is 23.9 Å². The number of methoxy groups -OCH3 is 1. The molecule has 1 N–H and O–H groups in total. The van der Waals surface area contributed by atoms with Crippen molar-refractivity contribution < 1.29 is 23.9 Å². The quantitative estimate of drug-likeness (QED) is 0.713. The number of carbonyl (C=O) groups is 3. The largest absolute Gasteiger partial charge is 0.467 e. The van der Waals surface area contributed by atoms with E-state index in [0.717, 1.165) is 0 Å². The number of carbonyl (C=O) groups excluding carboxylic acids is 3. The van der Waals surface area contributed by atoms with Gasteiger partial charge >= 0.3 is 11.9 Å². The van der Waals surface area contributed by atoms with E-state index in [0.29, 0.717) is 25.7 Å². The standard InChI is InChI=1S/C11H17NO5/c1-8(13)17-7-11(10(15)16-2)6-4-3-5-9(14)12-11/h3-7H2,1-2H3,(H,12,14)/t11-/m0/s1. The molecule has 1 fully saturated rings. The molecule has 1 rings (SSSR count). The fraction of sp³-hybridized carbons (Fsp3) is 0.727. The zero-order valence-electron chi connectivity index (χ0n) is 10.1. The number of ether oxygens (including phenoxy) is 2. The lowest BCUT2D eigenvalue weighted by atomic mass is 9.94. The second-order valence-electron chi connectivity index (χ2n) is 4.11. The van der Waals surface area contributed by atoms with Gasteiger partial charge in [-0.05, 0) is 19.3 Å². The Balaban J connectivity index is 2.86. The molecule has 1 aliphatic rings. The lowest BCUT2D eigenvalue weighted by Crippen LogP contribution is -2.57. The molecule has 1 heterocycles. The van der Waals surface area contributed by atoms with Crippen molar-refractivity contribution >= 4 is 17.8 Å². The van der Waals surface area contributed by atoms with Crippen LogP contribution in [0.1, 0.15) is 32.6 Å². The molecule has 1 atom stereocenters. The van der Waals surface area contributed by atoms with Crippen LogP contribution in [-0.4, -0.2) is 37.1 Å². The normalized spacial score (nSPS) is 24.5. The van der Waals surface area contributed by atoms with E-state index < -0.39 is 17.5 Å². The van der Waals surface area contributed by atoms with E-state index >= 15 is 0 Å². The Kier molecular flexibility index (Phi) is 4.48. The highest BCUT2D eigenvalue weighted by atomic mass is 16.5. The number of amides is 1. The van der Waals surface area contributed by atoms with E-state index in [2.05, 4.69) is 10.1 Å². The summed E-state index contributed by atoms with van der Waals surface area (Å²) in [5.74, 6) is -1.29. The number of hydrogen-bond donors (Lipinski definition) is 1. The minimum absolute atomic E-state index is 0.180. The van der Waals surface area contributed by atoms with Crippen LogP contribution in [0.4, 0.5) is 0 Å². The maximum absolute atomic E-state index is 11.8. The first-order valence-corrected chi connectivity index (χ1v) is 5.53. The molecule has 17 heavy (non-hydrogen) atoms. The van der Waals surface area contributed by atoms with Crippen molar-refractivity contribution in [3.05, 3.63) is 0 Å². The van der Waals surface area contributed by atoms with E-state index in [-0.39, 0.29) is 12.5 Å². The molecule has 96 valence electrons. The molecule has 0 aromatic carbocycles. The second-order valence-corrected chi connectivity index (χ2v) is 4.11. The van der Waals surface area contributed by atoms with Crippen LogP contribution in [0.5, 0.6) is 0 Å². The Morgan fingerprint density at radius 3 is 2.71 bits per heavy atom. The highest BCUT2D eigenvalue weighted by Gasteiger charge is 2.43. The zero-order valence-corrected chi connectivity index (χ0v) is 10.1. The smallest absolute Gasteiger partial charge is 0.335 e. The van der Waals surface area contributed by atoms with E-state index in [4.69, 9.17) is 4.74 Å². The summed E-state index contributed by atoms with van der Waals surface area (Å²) in [6, 6.07) is 0. The maximum Gasteiger partial charge on any atom is 0.335 e. The van der Waals surface area contributed by atoms with Gasteiger partial charge in [0.2, 0.25) is 5.91 Å². The van der Waals surface area contributed by atoms with Crippen molar-refractivity contribution in [3.63, 3.8) is 0 Å². The Bertz CT molecular complexity index is 328. The summed E-state index contributed by atoms with van der Waals surface area (Å²) in [6.45, 7) is 1.07. The third-order valence-electron chi connectivity index (χ3n) is 2.73. The molecular weight excluding hydrogens is 226 g/mol. The summed E-state index contributed by atoms with van der Waals surface area (Å²) < 4.78 is 9.54. The van der Waals surface area contributed by atoms with Gasteiger partial charge in [0.05, 0.1) is 7.11 Å². The number of nitrogens with one attached hydrogen (secondary N) is 1. The summed E-state index contributed by atoms with van der Waals surface area (Å²) in [7, 11) is 1.24. The average molecular weight is 243 g/mol. The predicted octanol–water partition coefficient (Wildman–Crippen LogP) is 0.151. The van der Waals surface area contributed by atoms with E-state index in [1.165, 1.54) is 14.0 Å². The van der Waals surface area contributed by atoms with Crippen molar-refractivity contribution in [1.29, 1.82) is 0 Å². The Labute approximate surface area is 99.6 Å². The molecule has 0 bridgehead atoms. The summed E-state index contributed by atoms with van der Waals surface area (Å²) >= 11 is 0. The van der Waals surface area contributed by atoms with E-state index in [1.807, 2.05) is 0 Å². The zero-order chi connectivity index (χ0) is 12.9. The SMILES string of the molecule is COC(=O)[C@@]1(COC(C)=O)CCCCC(=O)N1. The van der Waals surface area contributed by atoms with Crippen LogP contribution in [0.2, 0.25) is 0 Å². The van der Waals surface area contributed by atoms with Crippen LogP contribution >= 0.6 is 0 Å². The van der Waals surface area contributed by atoms with Gasteiger partial charge in [-0.2, -0.15) is 0 Å². The number of hydrogen-bond acceptors (Lipinski definition) is 5. The number of rotatable bonds is 3. The highest BCUT2D eigenvalue weighted by molar-refractivity contribution is 5.88. The highest BCUT2D eigenvalue weighted by Crippen LogP contribution is 2.21. The van der Waals surface area contributed by atoms with Gasteiger partial charge in [-0.3, -0.25) is 9.59 Å². The molecule has 0 saturated carbocycles. The van der Waals surface area contributed by atoms with Crippen molar-refractivity contribution in [3.8, 4) is 0 Å². The van der Waals surface area contributed by atoms with Crippen LogP contribution in [0.3, 0.4) is 0 Å². The van der Waals surface area contributed by atoms with Gasteiger partial charge in [-0.15, -0.1) is 0 Å². The Morgan fingerprint density at radius 1 is 1.41 bits per heavy atom. The van der Waals surface area contributed by atoms with Gasteiger partial charge in [-0.1, -0.05) is 0 Å². The molecule has 1 saturated heterocycles. The van der Waals surface area contributed by atoms with Crippen LogP contribution in [0.15, 0.2) is 0 Å². The molecule has 0 aliphatic carbocycles. The molecule has 0 unspecified atom stereocenters. The summed E-state index contributed by atoms with van der Waals surface area (Å²) in [5, 5.41) is 2.61. The van der Waals surface area contributed by atoms with Crippen molar-refractivity contribution in [2.24, 2.45) is 0 Å². The van der Waals surface area contributed by atoms with Crippen LogP contribution in [0, 0.1) is 0 Å². The molecule has 0 aromatic rings. The summed E-state index contributed by atoms with van der Waals surface area (Å²) in [5.41, 5.74) is -1.23. The van der Waals surface area contributed by atoms with Gasteiger partial charge in [0.25, 0.3) is 0 Å². The van der Waals surface area contributed by atoms with E-state index in [9.17, 15) is 14.4 Å². The third kappa shape index (κ3) is 3.44. The second kappa shape index (κ2) is 5.65. The molecule has 6 heteroatoms. The van der Waals surface area contributed by atoms with Crippen molar-refractivity contribution in [2.45, 2.75) is 38.1 Å². The van der Waals surface area contributed by atoms with Gasteiger partial charge in [0.1, 0.15) is 6.61 Å². The lowest BCUT2D eigenvalue weighted by molar-refractivity contribution is -0.158. The average Bonchev–Trinajstić information content (AvgIpc) is 2.48. The Hall–Kier alpha value is -1.59. The van der Waals surface area contributed by atoms with Crippen molar-refractivity contribution in [1.82, 2.24) is 5.32 Å². The van der Waals surface area contributed by atoms with E-state index in [1.54, 1.807) is 0 Å². The topological polar surface area (TPSA) is 81.7 Å². The van der Waals surface area contributed by atoms with Gasteiger partial charge in [-0.25, -0.2) is 4.79 Å². The minimum atomic E-state index is -1.23. The molecule has 0 spiro atoms. The monoisotopic (exact) mass is 243 g/mol. The fourth-order valence-corrected chi connectivity index (χ4v) is 1.84. The molecule has 1 aliphatic heterocycles. The molecule has 0 radical (unpaired) electrons. The minimum Gasteiger partial charge on any atom is -0.467 e.